The van der Waals surface area contributed by atoms with Gasteiger partial charge in [-0.2, -0.15) is 0 Å². The molecule has 0 radical (unpaired) electrons. The molecular formula is C25H28O2. The second-order valence-electron chi connectivity index (χ2n) is 6.81. The molecule has 0 spiro atoms. The molecule has 2 heteroatoms. The summed E-state index contributed by atoms with van der Waals surface area (Å²) in [7, 11) is 0. The number of ketones is 1. The summed E-state index contributed by atoms with van der Waals surface area (Å²) in [4.78, 5) is 12.1. The number of hydrogen-bond acceptors (Lipinski definition) is 2. The van der Waals surface area contributed by atoms with Gasteiger partial charge < -0.3 is 4.74 Å². The Morgan fingerprint density at radius 3 is 2.30 bits per heavy atom. The van der Waals surface area contributed by atoms with Gasteiger partial charge in [0.25, 0.3) is 0 Å². The highest BCUT2D eigenvalue weighted by Crippen LogP contribution is 2.14. The van der Waals surface area contributed by atoms with Gasteiger partial charge in [0.05, 0.1) is 0 Å². The quantitative estimate of drug-likeness (QED) is 0.284. The summed E-state index contributed by atoms with van der Waals surface area (Å²) in [5, 5.41) is 0. The lowest BCUT2D eigenvalue weighted by Crippen LogP contribution is -1.95. The van der Waals surface area contributed by atoms with Crippen molar-refractivity contribution in [2.24, 2.45) is 0 Å². The van der Waals surface area contributed by atoms with Crippen molar-refractivity contribution < 1.29 is 9.53 Å². The Hall–Kier alpha value is -2.87. The molecule has 2 rings (SSSR count). The standard InChI is InChI=1S/C25H28O2/c1-20(2)8-7-9-21(3)18-19-27-24-15-12-22(13-16-24)14-17-25(26)23-10-5-4-6-11-23/h4-6,8,10-18H,7,9,19H2,1-3H3/b17-14+,21-18+. The van der Waals surface area contributed by atoms with Crippen molar-refractivity contribution in [3.63, 3.8) is 0 Å². The van der Waals surface area contributed by atoms with E-state index in [1.807, 2.05) is 60.7 Å². The first-order valence-electron chi connectivity index (χ1n) is 9.34. The Kier molecular flexibility index (Phi) is 8.31. The van der Waals surface area contributed by atoms with Crippen molar-refractivity contribution in [1.82, 2.24) is 0 Å². The maximum Gasteiger partial charge on any atom is 0.185 e. The average Bonchev–Trinajstić information content (AvgIpc) is 2.67. The molecule has 0 aromatic heterocycles. The molecule has 0 saturated heterocycles. The van der Waals surface area contributed by atoms with Crippen LogP contribution in [0.1, 0.15) is 49.5 Å². The highest BCUT2D eigenvalue weighted by atomic mass is 16.5. The molecule has 2 aromatic carbocycles. The van der Waals surface area contributed by atoms with E-state index >= 15 is 0 Å². The van der Waals surface area contributed by atoms with Gasteiger partial charge in [-0.05, 0) is 63.5 Å². The topological polar surface area (TPSA) is 26.3 Å². The van der Waals surface area contributed by atoms with Gasteiger partial charge in [-0.3, -0.25) is 4.79 Å². The third-order valence-corrected chi connectivity index (χ3v) is 4.14. The van der Waals surface area contributed by atoms with Crippen LogP contribution in [0.4, 0.5) is 0 Å². The van der Waals surface area contributed by atoms with E-state index in [1.54, 1.807) is 6.08 Å². The summed E-state index contributed by atoms with van der Waals surface area (Å²) in [5.41, 5.74) is 4.37. The third-order valence-electron chi connectivity index (χ3n) is 4.14. The van der Waals surface area contributed by atoms with Crippen molar-refractivity contribution in [1.29, 1.82) is 0 Å². The van der Waals surface area contributed by atoms with Crippen LogP contribution in [0.5, 0.6) is 5.75 Å². The Balaban J connectivity index is 1.82. The van der Waals surface area contributed by atoms with Gasteiger partial charge in [0.2, 0.25) is 0 Å². The molecule has 0 fully saturated rings. The lowest BCUT2D eigenvalue weighted by molar-refractivity contribution is 0.104. The molecule has 27 heavy (non-hydrogen) atoms. The largest absolute Gasteiger partial charge is 0.490 e. The summed E-state index contributed by atoms with van der Waals surface area (Å²) < 4.78 is 5.77. The minimum absolute atomic E-state index is 0.00431. The molecule has 0 aliphatic rings. The molecule has 0 unspecified atom stereocenters. The van der Waals surface area contributed by atoms with E-state index in [4.69, 9.17) is 4.74 Å². The van der Waals surface area contributed by atoms with Gasteiger partial charge in [-0.15, -0.1) is 0 Å². The van der Waals surface area contributed by atoms with Crippen molar-refractivity contribution >= 4 is 11.9 Å². The maximum absolute atomic E-state index is 12.1. The van der Waals surface area contributed by atoms with Gasteiger partial charge in [-0.1, -0.05) is 65.8 Å². The van der Waals surface area contributed by atoms with Crippen LogP contribution in [0.15, 0.2) is 84.0 Å². The molecule has 0 heterocycles. The van der Waals surface area contributed by atoms with Crippen molar-refractivity contribution in [2.45, 2.75) is 33.6 Å². The third kappa shape index (κ3) is 7.91. The predicted molar refractivity (Wildman–Crippen MR) is 114 cm³/mol. The van der Waals surface area contributed by atoms with Crippen molar-refractivity contribution in [3.8, 4) is 5.75 Å². The lowest BCUT2D eigenvalue weighted by Gasteiger charge is -2.05. The second-order valence-corrected chi connectivity index (χ2v) is 6.81. The first kappa shape index (κ1) is 20.4. The van der Waals surface area contributed by atoms with Crippen LogP contribution in [0.2, 0.25) is 0 Å². The Morgan fingerprint density at radius 1 is 0.926 bits per heavy atom. The van der Waals surface area contributed by atoms with Gasteiger partial charge >= 0.3 is 0 Å². The minimum atomic E-state index is 0.00431. The molecule has 0 amide bonds. The first-order valence-corrected chi connectivity index (χ1v) is 9.34. The first-order chi connectivity index (χ1) is 13.0. The van der Waals surface area contributed by atoms with Crippen LogP contribution in [0.3, 0.4) is 0 Å². The molecule has 0 aliphatic heterocycles. The van der Waals surface area contributed by atoms with Crippen LogP contribution in [0, 0.1) is 0 Å². The second kappa shape index (κ2) is 11.0. The van der Waals surface area contributed by atoms with E-state index < -0.39 is 0 Å². The van der Waals surface area contributed by atoms with Crippen molar-refractivity contribution in [3.05, 3.63) is 95.1 Å². The Bertz CT molecular complexity index is 805. The molecule has 2 aromatic rings. The summed E-state index contributed by atoms with van der Waals surface area (Å²) in [5.74, 6) is 0.833. The number of benzene rings is 2. The fourth-order valence-corrected chi connectivity index (χ4v) is 2.52. The van der Waals surface area contributed by atoms with E-state index in [2.05, 4.69) is 32.9 Å². The molecule has 0 saturated carbocycles. The number of hydrogen-bond donors (Lipinski definition) is 0. The van der Waals surface area contributed by atoms with E-state index in [0.717, 1.165) is 24.2 Å². The lowest BCUT2D eigenvalue weighted by atomic mass is 10.1. The Morgan fingerprint density at radius 2 is 1.63 bits per heavy atom. The normalized spacial score (nSPS) is 11.4. The molecule has 140 valence electrons. The van der Waals surface area contributed by atoms with E-state index in [-0.39, 0.29) is 5.78 Å². The zero-order valence-electron chi connectivity index (χ0n) is 16.4. The highest BCUT2D eigenvalue weighted by molar-refractivity contribution is 6.06. The van der Waals surface area contributed by atoms with Gasteiger partial charge in [-0.25, -0.2) is 0 Å². The van der Waals surface area contributed by atoms with Crippen molar-refractivity contribution in [2.75, 3.05) is 6.61 Å². The number of carbonyl (C=O) groups is 1. The smallest absolute Gasteiger partial charge is 0.185 e. The fourth-order valence-electron chi connectivity index (χ4n) is 2.52. The monoisotopic (exact) mass is 360 g/mol. The van der Waals surface area contributed by atoms with Crippen LogP contribution in [0.25, 0.3) is 6.08 Å². The fraction of sp³-hybridized carbons (Fsp3) is 0.240. The summed E-state index contributed by atoms with van der Waals surface area (Å²) in [6.45, 7) is 6.96. The molecular weight excluding hydrogens is 332 g/mol. The number of carbonyl (C=O) groups excluding carboxylic acids is 1. The number of allylic oxidation sites excluding steroid dienone is 4. The predicted octanol–water partition coefficient (Wildman–Crippen LogP) is 6.65. The van der Waals surface area contributed by atoms with Crippen LogP contribution < -0.4 is 4.74 Å². The zero-order valence-corrected chi connectivity index (χ0v) is 16.4. The molecule has 0 bridgehead atoms. The Labute approximate surface area is 162 Å². The summed E-state index contributed by atoms with van der Waals surface area (Å²) >= 11 is 0. The summed E-state index contributed by atoms with van der Waals surface area (Å²) in [6, 6.07) is 17.0. The SMILES string of the molecule is CC(C)=CCC/C(C)=C/COc1ccc(/C=C/C(=O)c2ccccc2)cc1. The van der Waals surface area contributed by atoms with E-state index in [0.29, 0.717) is 12.2 Å². The molecule has 0 atom stereocenters. The van der Waals surface area contributed by atoms with Gasteiger partial charge in [0.15, 0.2) is 5.78 Å². The van der Waals surface area contributed by atoms with Gasteiger partial charge in [0, 0.05) is 5.56 Å². The molecule has 0 aliphatic carbocycles. The zero-order chi connectivity index (χ0) is 19.5. The maximum atomic E-state index is 12.1. The number of rotatable bonds is 9. The van der Waals surface area contributed by atoms with Crippen LogP contribution >= 0.6 is 0 Å². The van der Waals surface area contributed by atoms with E-state index in [1.165, 1.54) is 11.1 Å². The molecule has 2 nitrogen and oxygen atoms in total. The summed E-state index contributed by atoms with van der Waals surface area (Å²) in [6.07, 6.45) is 9.95. The number of ether oxygens (including phenoxy) is 1. The van der Waals surface area contributed by atoms with Crippen LogP contribution in [-0.2, 0) is 0 Å². The molecule has 0 N–H and O–H groups in total. The minimum Gasteiger partial charge on any atom is -0.490 e. The van der Waals surface area contributed by atoms with E-state index in [9.17, 15) is 4.79 Å². The van der Waals surface area contributed by atoms with Crippen LogP contribution in [-0.4, -0.2) is 12.4 Å². The van der Waals surface area contributed by atoms with Gasteiger partial charge in [0.1, 0.15) is 12.4 Å². The highest BCUT2D eigenvalue weighted by Gasteiger charge is 1.99. The average molecular weight is 360 g/mol.